The quantitative estimate of drug-likeness (QED) is 0.464. The van der Waals surface area contributed by atoms with Crippen molar-refractivity contribution >= 4 is 23.4 Å². The Labute approximate surface area is 103 Å². The first-order chi connectivity index (χ1) is 8.10. The van der Waals surface area contributed by atoms with E-state index >= 15 is 0 Å². The van der Waals surface area contributed by atoms with Crippen LogP contribution < -0.4 is 11.1 Å². The van der Waals surface area contributed by atoms with Crippen molar-refractivity contribution in [1.29, 1.82) is 0 Å². The Balaban J connectivity index is 3.08. The van der Waals surface area contributed by atoms with Crippen molar-refractivity contribution in [1.82, 2.24) is 5.32 Å². The summed E-state index contributed by atoms with van der Waals surface area (Å²) in [4.78, 5) is 22.7. The Hall–Kier alpha value is -1.60. The molecule has 0 aliphatic rings. The monoisotopic (exact) mass is 255 g/mol. The van der Waals surface area contributed by atoms with Gasteiger partial charge in [-0.3, -0.25) is 14.9 Å². The molecule has 1 aromatic rings. The van der Waals surface area contributed by atoms with E-state index in [2.05, 4.69) is 5.32 Å². The Morgan fingerprint density at radius 1 is 1.59 bits per heavy atom. The molecule has 0 spiro atoms. The smallest absolute Gasteiger partial charge is 0.282 e. The van der Waals surface area contributed by atoms with E-state index in [-0.39, 0.29) is 11.3 Å². The fraction of sp³-hybridized carbons (Fsp3) is 0.300. The van der Waals surface area contributed by atoms with Crippen molar-refractivity contribution in [2.45, 2.75) is 4.90 Å². The zero-order valence-electron chi connectivity index (χ0n) is 9.30. The van der Waals surface area contributed by atoms with Crippen LogP contribution in [-0.2, 0) is 0 Å². The second-order valence-electron chi connectivity index (χ2n) is 3.18. The number of thioether (sulfide) groups is 1. The van der Waals surface area contributed by atoms with Gasteiger partial charge in [-0.2, -0.15) is 0 Å². The largest absolute Gasteiger partial charge is 0.351 e. The molecule has 0 unspecified atom stereocenters. The van der Waals surface area contributed by atoms with Crippen molar-refractivity contribution in [3.05, 3.63) is 33.9 Å². The predicted octanol–water partition coefficient (Wildman–Crippen LogP) is 1.01. The van der Waals surface area contributed by atoms with Crippen LogP contribution in [-0.4, -0.2) is 30.2 Å². The third kappa shape index (κ3) is 3.43. The van der Waals surface area contributed by atoms with E-state index in [0.29, 0.717) is 13.1 Å². The van der Waals surface area contributed by atoms with Gasteiger partial charge in [-0.05, 0) is 18.4 Å². The third-order valence-corrected chi connectivity index (χ3v) is 2.80. The maximum absolute atomic E-state index is 11.7. The molecule has 0 saturated carbocycles. The van der Waals surface area contributed by atoms with E-state index in [1.54, 1.807) is 6.07 Å². The van der Waals surface area contributed by atoms with Crippen LogP contribution in [0.15, 0.2) is 23.1 Å². The number of nitro groups is 1. The summed E-state index contributed by atoms with van der Waals surface area (Å²) in [5, 5.41) is 13.3. The molecule has 1 rings (SSSR count). The van der Waals surface area contributed by atoms with Gasteiger partial charge < -0.3 is 11.1 Å². The first kappa shape index (κ1) is 13.5. The lowest BCUT2D eigenvalue weighted by Crippen LogP contribution is -2.29. The molecule has 17 heavy (non-hydrogen) atoms. The summed E-state index contributed by atoms with van der Waals surface area (Å²) >= 11 is 1.42. The molecule has 0 aliphatic heterocycles. The summed E-state index contributed by atoms with van der Waals surface area (Å²) in [5.74, 6) is -0.474. The number of nitro benzene ring substituents is 1. The second-order valence-corrected chi connectivity index (χ2v) is 4.06. The molecule has 92 valence electrons. The Morgan fingerprint density at radius 2 is 2.29 bits per heavy atom. The number of nitrogens with zero attached hydrogens (tertiary/aromatic N) is 1. The fourth-order valence-corrected chi connectivity index (χ4v) is 1.70. The Kier molecular flexibility index (Phi) is 4.92. The van der Waals surface area contributed by atoms with E-state index < -0.39 is 10.8 Å². The number of hydrogen-bond donors (Lipinski definition) is 2. The van der Waals surface area contributed by atoms with Crippen molar-refractivity contribution in [2.75, 3.05) is 19.3 Å². The highest BCUT2D eigenvalue weighted by Gasteiger charge is 2.19. The second kappa shape index (κ2) is 6.21. The molecule has 0 radical (unpaired) electrons. The number of carbonyl (C=O) groups excluding carboxylic acids is 1. The van der Waals surface area contributed by atoms with Crippen molar-refractivity contribution in [3.8, 4) is 0 Å². The van der Waals surface area contributed by atoms with Gasteiger partial charge in [-0.1, -0.05) is 0 Å². The van der Waals surface area contributed by atoms with Crippen LogP contribution in [0.3, 0.4) is 0 Å². The van der Waals surface area contributed by atoms with E-state index in [9.17, 15) is 14.9 Å². The standard InChI is InChI=1S/C10H13N3O3S/c1-17-7-2-3-9(13(15)16)8(6-7)10(14)12-5-4-11/h2-3,6H,4-5,11H2,1H3,(H,12,14). The van der Waals surface area contributed by atoms with E-state index in [4.69, 9.17) is 5.73 Å². The fourth-order valence-electron chi connectivity index (χ4n) is 1.26. The zero-order chi connectivity index (χ0) is 12.8. The van der Waals surface area contributed by atoms with E-state index in [1.807, 2.05) is 6.26 Å². The van der Waals surface area contributed by atoms with Gasteiger partial charge >= 0.3 is 0 Å². The van der Waals surface area contributed by atoms with Gasteiger partial charge in [0.1, 0.15) is 5.56 Å². The normalized spacial score (nSPS) is 10.0. The van der Waals surface area contributed by atoms with Crippen LogP contribution in [0.5, 0.6) is 0 Å². The minimum absolute atomic E-state index is 0.0651. The first-order valence-electron chi connectivity index (χ1n) is 4.91. The van der Waals surface area contributed by atoms with Gasteiger partial charge in [0.05, 0.1) is 4.92 Å². The van der Waals surface area contributed by atoms with Crippen LogP contribution >= 0.6 is 11.8 Å². The highest BCUT2D eigenvalue weighted by Crippen LogP contribution is 2.24. The molecule has 0 fully saturated rings. The average molecular weight is 255 g/mol. The van der Waals surface area contributed by atoms with Crippen molar-refractivity contribution in [2.24, 2.45) is 5.73 Å². The third-order valence-electron chi connectivity index (χ3n) is 2.07. The van der Waals surface area contributed by atoms with Crippen LogP contribution in [0.25, 0.3) is 0 Å². The predicted molar refractivity (Wildman–Crippen MR) is 66.3 cm³/mol. The maximum atomic E-state index is 11.7. The summed E-state index contributed by atoms with van der Waals surface area (Å²) in [6.45, 7) is 0.585. The SMILES string of the molecule is CSc1ccc([N+](=O)[O-])c(C(=O)NCCN)c1. The van der Waals surface area contributed by atoms with E-state index in [0.717, 1.165) is 4.90 Å². The van der Waals surface area contributed by atoms with Crippen molar-refractivity contribution < 1.29 is 9.72 Å². The summed E-state index contributed by atoms with van der Waals surface area (Å²) in [6.07, 6.45) is 1.84. The summed E-state index contributed by atoms with van der Waals surface area (Å²) < 4.78 is 0. The van der Waals surface area contributed by atoms with Gasteiger partial charge in [-0.25, -0.2) is 0 Å². The molecule has 1 amide bonds. The molecular weight excluding hydrogens is 242 g/mol. The molecule has 0 atom stereocenters. The van der Waals surface area contributed by atoms with Crippen LogP contribution in [0, 0.1) is 10.1 Å². The van der Waals surface area contributed by atoms with Crippen LogP contribution in [0.1, 0.15) is 10.4 Å². The lowest BCUT2D eigenvalue weighted by Gasteiger charge is -2.05. The Bertz CT molecular complexity index is 437. The minimum atomic E-state index is -0.568. The molecule has 3 N–H and O–H groups in total. The number of carbonyl (C=O) groups is 1. The van der Waals surface area contributed by atoms with Crippen molar-refractivity contribution in [3.63, 3.8) is 0 Å². The highest BCUT2D eigenvalue weighted by molar-refractivity contribution is 7.98. The molecule has 0 heterocycles. The number of amides is 1. The zero-order valence-corrected chi connectivity index (χ0v) is 10.1. The molecule has 0 bridgehead atoms. The molecule has 1 aromatic carbocycles. The molecule has 0 aliphatic carbocycles. The van der Waals surface area contributed by atoms with Gasteiger partial charge in [0.15, 0.2) is 0 Å². The highest BCUT2D eigenvalue weighted by atomic mass is 32.2. The van der Waals surface area contributed by atoms with Gasteiger partial charge in [-0.15, -0.1) is 11.8 Å². The number of benzene rings is 1. The number of nitrogens with two attached hydrogens (primary N) is 1. The topological polar surface area (TPSA) is 98.3 Å². The molecular formula is C10H13N3O3S. The number of nitrogens with one attached hydrogen (secondary N) is 1. The number of rotatable bonds is 5. The Morgan fingerprint density at radius 3 is 2.82 bits per heavy atom. The van der Waals surface area contributed by atoms with E-state index in [1.165, 1.54) is 23.9 Å². The summed E-state index contributed by atoms with van der Waals surface area (Å²) in [5.41, 5.74) is 5.12. The molecule has 6 nitrogen and oxygen atoms in total. The molecule has 7 heteroatoms. The van der Waals surface area contributed by atoms with Crippen LogP contribution in [0.2, 0.25) is 0 Å². The van der Waals surface area contributed by atoms with Gasteiger partial charge in [0.2, 0.25) is 0 Å². The van der Waals surface area contributed by atoms with Crippen LogP contribution in [0.4, 0.5) is 5.69 Å². The lowest BCUT2D eigenvalue weighted by atomic mass is 10.1. The first-order valence-corrected chi connectivity index (χ1v) is 6.13. The summed E-state index contributed by atoms with van der Waals surface area (Å²) in [6, 6.07) is 4.46. The van der Waals surface area contributed by atoms with Gasteiger partial charge in [0, 0.05) is 24.1 Å². The molecule has 0 aromatic heterocycles. The maximum Gasteiger partial charge on any atom is 0.282 e. The van der Waals surface area contributed by atoms with Gasteiger partial charge in [0.25, 0.3) is 11.6 Å². The summed E-state index contributed by atoms with van der Waals surface area (Å²) in [7, 11) is 0. The number of hydrogen-bond acceptors (Lipinski definition) is 5. The lowest BCUT2D eigenvalue weighted by molar-refractivity contribution is -0.385. The average Bonchev–Trinajstić information content (AvgIpc) is 2.34. The minimum Gasteiger partial charge on any atom is -0.351 e. The molecule has 0 saturated heterocycles.